The molecule has 0 radical (unpaired) electrons. The number of rotatable bonds is 4. The molecule has 3 nitrogen and oxygen atoms in total. The molecule has 4 heteroatoms. The minimum atomic E-state index is -0.244. The number of carbonyl (C=O) groups excluding carboxylic acids is 1. The van der Waals surface area contributed by atoms with Gasteiger partial charge in [0.25, 0.3) is 0 Å². The number of esters is 1. The quantitative estimate of drug-likeness (QED) is 0.208. The summed E-state index contributed by atoms with van der Waals surface area (Å²) in [6.45, 7) is 2.22. The lowest BCUT2D eigenvalue weighted by Gasteiger charge is -2.11. The second kappa shape index (κ2) is 8.04. The van der Waals surface area contributed by atoms with E-state index in [1.54, 1.807) is 11.3 Å². The maximum atomic E-state index is 12.7. The molecule has 0 atom stereocenters. The SMILES string of the molecule is CCOC(=O)c1c(N=Cc2c3ccccc3cc3ccccc23)sc2c1CCCC2. The third-order valence-corrected chi connectivity index (χ3v) is 6.96. The summed E-state index contributed by atoms with van der Waals surface area (Å²) in [5, 5.41) is 5.48. The molecule has 0 saturated carbocycles. The Morgan fingerprint density at radius 1 is 1.03 bits per heavy atom. The number of aryl methyl sites for hydroxylation is 1. The summed E-state index contributed by atoms with van der Waals surface area (Å²) >= 11 is 1.65. The molecule has 30 heavy (non-hydrogen) atoms. The standard InChI is InChI=1S/C26H23NO2S/c1-2-29-26(28)24-21-13-7-8-14-23(21)30-25(24)27-16-22-19-11-5-3-9-17(19)15-18-10-4-6-12-20(18)22/h3-6,9-12,15-16H,2,7-8,13-14H2,1H3. The number of carbonyl (C=O) groups is 1. The van der Waals surface area contributed by atoms with Crippen LogP contribution in [-0.4, -0.2) is 18.8 Å². The second-order valence-electron chi connectivity index (χ2n) is 7.60. The van der Waals surface area contributed by atoms with Gasteiger partial charge in [-0.05, 0) is 65.8 Å². The van der Waals surface area contributed by atoms with Crippen LogP contribution in [0.5, 0.6) is 0 Å². The average Bonchev–Trinajstić information content (AvgIpc) is 3.15. The molecule has 1 aliphatic carbocycles. The third kappa shape index (κ3) is 3.31. The molecular formula is C26H23NO2S. The maximum Gasteiger partial charge on any atom is 0.341 e. The first kappa shape index (κ1) is 19.0. The molecule has 3 aromatic carbocycles. The highest BCUT2D eigenvalue weighted by Crippen LogP contribution is 2.40. The minimum absolute atomic E-state index is 0.244. The van der Waals surface area contributed by atoms with Crippen molar-refractivity contribution in [3.63, 3.8) is 0 Å². The van der Waals surface area contributed by atoms with Crippen LogP contribution in [0.3, 0.4) is 0 Å². The highest BCUT2D eigenvalue weighted by atomic mass is 32.1. The lowest BCUT2D eigenvalue weighted by molar-refractivity contribution is 0.0526. The summed E-state index contributed by atoms with van der Waals surface area (Å²) in [4.78, 5) is 18.9. The van der Waals surface area contributed by atoms with E-state index in [1.165, 1.54) is 32.8 Å². The Kier molecular flexibility index (Phi) is 5.09. The van der Waals surface area contributed by atoms with Crippen molar-refractivity contribution in [2.75, 3.05) is 6.61 Å². The van der Waals surface area contributed by atoms with Crippen molar-refractivity contribution in [3.8, 4) is 0 Å². The molecule has 0 saturated heterocycles. The van der Waals surface area contributed by atoms with Crippen LogP contribution < -0.4 is 0 Å². The van der Waals surface area contributed by atoms with Crippen molar-refractivity contribution < 1.29 is 9.53 Å². The zero-order valence-corrected chi connectivity index (χ0v) is 17.8. The van der Waals surface area contributed by atoms with Gasteiger partial charge in [-0.25, -0.2) is 9.79 Å². The van der Waals surface area contributed by atoms with E-state index in [9.17, 15) is 4.79 Å². The Balaban J connectivity index is 1.68. The first-order valence-electron chi connectivity index (χ1n) is 10.5. The average molecular weight is 414 g/mol. The predicted molar refractivity (Wildman–Crippen MR) is 126 cm³/mol. The van der Waals surface area contributed by atoms with Gasteiger partial charge < -0.3 is 4.74 Å². The number of aliphatic imine (C=N–C) groups is 1. The second-order valence-corrected chi connectivity index (χ2v) is 8.69. The number of hydrogen-bond acceptors (Lipinski definition) is 4. The van der Waals surface area contributed by atoms with Crippen LogP contribution in [0.1, 0.15) is 46.1 Å². The Morgan fingerprint density at radius 2 is 1.70 bits per heavy atom. The molecule has 0 N–H and O–H groups in total. The molecule has 0 amide bonds. The Morgan fingerprint density at radius 3 is 2.40 bits per heavy atom. The summed E-state index contributed by atoms with van der Waals surface area (Å²) in [6.07, 6.45) is 6.19. The summed E-state index contributed by atoms with van der Waals surface area (Å²) in [6, 6.07) is 19.0. The van der Waals surface area contributed by atoms with Crippen LogP contribution in [0.15, 0.2) is 59.6 Å². The molecule has 0 unspecified atom stereocenters. The lowest BCUT2D eigenvalue weighted by atomic mass is 9.95. The predicted octanol–water partition coefficient (Wildman–Crippen LogP) is 6.86. The van der Waals surface area contributed by atoms with Gasteiger partial charge in [-0.3, -0.25) is 0 Å². The van der Waals surface area contributed by atoms with Crippen LogP contribution in [0.2, 0.25) is 0 Å². The highest BCUT2D eigenvalue weighted by molar-refractivity contribution is 7.16. The molecule has 0 aliphatic heterocycles. The van der Waals surface area contributed by atoms with Crippen LogP contribution in [0, 0.1) is 0 Å². The summed E-state index contributed by atoms with van der Waals surface area (Å²) in [7, 11) is 0. The molecule has 5 rings (SSSR count). The number of hydrogen-bond donors (Lipinski definition) is 0. The number of nitrogens with zero attached hydrogens (tertiary/aromatic N) is 1. The van der Waals surface area contributed by atoms with Crippen molar-refractivity contribution in [2.45, 2.75) is 32.6 Å². The monoisotopic (exact) mass is 413 g/mol. The molecular weight excluding hydrogens is 390 g/mol. The molecule has 4 aromatic rings. The Labute approximate surface area is 180 Å². The van der Waals surface area contributed by atoms with Crippen LogP contribution in [0.4, 0.5) is 5.00 Å². The van der Waals surface area contributed by atoms with Gasteiger partial charge in [0, 0.05) is 16.7 Å². The van der Waals surface area contributed by atoms with E-state index in [0.29, 0.717) is 12.2 Å². The van der Waals surface area contributed by atoms with E-state index < -0.39 is 0 Å². The molecule has 0 fully saturated rings. The highest BCUT2D eigenvalue weighted by Gasteiger charge is 2.26. The van der Waals surface area contributed by atoms with E-state index >= 15 is 0 Å². The number of ether oxygens (including phenoxy) is 1. The van der Waals surface area contributed by atoms with E-state index in [1.807, 2.05) is 13.1 Å². The minimum Gasteiger partial charge on any atom is -0.462 e. The van der Waals surface area contributed by atoms with E-state index in [0.717, 1.165) is 35.4 Å². The fourth-order valence-electron chi connectivity index (χ4n) is 4.37. The molecule has 0 spiro atoms. The first-order chi connectivity index (χ1) is 14.8. The molecule has 0 bridgehead atoms. The molecule has 1 aliphatic rings. The normalized spacial score (nSPS) is 13.8. The zero-order chi connectivity index (χ0) is 20.5. The van der Waals surface area contributed by atoms with Crippen molar-refractivity contribution in [1.82, 2.24) is 0 Å². The molecule has 1 aromatic heterocycles. The zero-order valence-electron chi connectivity index (χ0n) is 17.0. The van der Waals surface area contributed by atoms with Crippen molar-refractivity contribution in [1.29, 1.82) is 0 Å². The van der Waals surface area contributed by atoms with Crippen LogP contribution in [-0.2, 0) is 17.6 Å². The van der Waals surface area contributed by atoms with Crippen LogP contribution in [0.25, 0.3) is 21.5 Å². The number of fused-ring (bicyclic) bond motifs is 3. The topological polar surface area (TPSA) is 38.7 Å². The molecule has 150 valence electrons. The van der Waals surface area contributed by atoms with Gasteiger partial charge in [-0.1, -0.05) is 48.5 Å². The number of benzene rings is 3. The maximum absolute atomic E-state index is 12.7. The van der Waals surface area contributed by atoms with Gasteiger partial charge >= 0.3 is 5.97 Å². The van der Waals surface area contributed by atoms with Gasteiger partial charge in [0.2, 0.25) is 0 Å². The summed E-state index contributed by atoms with van der Waals surface area (Å²) < 4.78 is 5.38. The van der Waals surface area contributed by atoms with Crippen molar-refractivity contribution in [2.24, 2.45) is 4.99 Å². The third-order valence-electron chi connectivity index (χ3n) is 5.76. The summed E-state index contributed by atoms with van der Waals surface area (Å²) in [5.74, 6) is -0.244. The van der Waals surface area contributed by atoms with E-state index in [-0.39, 0.29) is 5.97 Å². The van der Waals surface area contributed by atoms with Gasteiger partial charge in [-0.15, -0.1) is 11.3 Å². The van der Waals surface area contributed by atoms with E-state index in [2.05, 4.69) is 54.6 Å². The van der Waals surface area contributed by atoms with Crippen molar-refractivity contribution >= 4 is 50.1 Å². The number of thiophene rings is 1. The Hall–Kier alpha value is -2.98. The van der Waals surface area contributed by atoms with Gasteiger partial charge in [0.1, 0.15) is 5.00 Å². The van der Waals surface area contributed by atoms with Crippen LogP contribution >= 0.6 is 11.3 Å². The lowest BCUT2D eigenvalue weighted by Crippen LogP contribution is -2.09. The first-order valence-corrected chi connectivity index (χ1v) is 11.3. The fraction of sp³-hybridized carbons (Fsp3) is 0.231. The fourth-order valence-corrected chi connectivity index (χ4v) is 5.59. The molecule has 1 heterocycles. The van der Waals surface area contributed by atoms with Gasteiger partial charge in [-0.2, -0.15) is 0 Å². The van der Waals surface area contributed by atoms with Gasteiger partial charge in [0.15, 0.2) is 0 Å². The largest absolute Gasteiger partial charge is 0.462 e. The smallest absolute Gasteiger partial charge is 0.341 e. The van der Waals surface area contributed by atoms with Crippen molar-refractivity contribution in [3.05, 3.63) is 76.2 Å². The summed E-state index contributed by atoms with van der Waals surface area (Å²) in [5.41, 5.74) is 2.92. The Bertz CT molecular complexity index is 1230. The van der Waals surface area contributed by atoms with E-state index in [4.69, 9.17) is 9.73 Å². The van der Waals surface area contributed by atoms with Gasteiger partial charge in [0.05, 0.1) is 12.2 Å².